The van der Waals surface area contributed by atoms with Crippen molar-refractivity contribution >= 4 is 17.3 Å². The number of rotatable bonds is 3. The van der Waals surface area contributed by atoms with E-state index >= 15 is 0 Å². The lowest BCUT2D eigenvalue weighted by Gasteiger charge is -2.24. The molecule has 1 aromatic carbocycles. The van der Waals surface area contributed by atoms with Crippen LogP contribution in [0.15, 0.2) is 18.2 Å². The van der Waals surface area contributed by atoms with Crippen LogP contribution < -0.4 is 10.2 Å². The Bertz CT molecular complexity index is 506. The van der Waals surface area contributed by atoms with Crippen LogP contribution in [-0.2, 0) is 4.79 Å². The van der Waals surface area contributed by atoms with Crippen molar-refractivity contribution in [3.05, 3.63) is 24.0 Å². The molecule has 0 atom stereocenters. The smallest absolute Gasteiger partial charge is 0.227 e. The molecule has 2 aliphatic rings. The standard InChI is InChI=1S/C17H23FN2O/c18-14-8-9-16(20-10-4-5-11-20)15(12-14)19-17(21)13-6-2-1-3-7-13/h8-9,12-13H,1-7,10-11H2,(H,19,21). The summed E-state index contributed by atoms with van der Waals surface area (Å²) in [5, 5.41) is 2.98. The number of hydrogen-bond donors (Lipinski definition) is 1. The largest absolute Gasteiger partial charge is 0.370 e. The Balaban J connectivity index is 1.76. The average molecular weight is 290 g/mol. The molecule has 1 aromatic rings. The fraction of sp³-hybridized carbons (Fsp3) is 0.588. The van der Waals surface area contributed by atoms with Gasteiger partial charge in [0.15, 0.2) is 0 Å². The lowest BCUT2D eigenvalue weighted by molar-refractivity contribution is -0.120. The molecular weight excluding hydrogens is 267 g/mol. The van der Waals surface area contributed by atoms with Crippen LogP contribution in [0, 0.1) is 11.7 Å². The highest BCUT2D eigenvalue weighted by Crippen LogP contribution is 2.31. The van der Waals surface area contributed by atoms with E-state index in [1.54, 1.807) is 6.07 Å². The van der Waals surface area contributed by atoms with Crippen LogP contribution in [0.4, 0.5) is 15.8 Å². The van der Waals surface area contributed by atoms with Gasteiger partial charge in [-0.25, -0.2) is 4.39 Å². The first-order valence-corrected chi connectivity index (χ1v) is 8.09. The van der Waals surface area contributed by atoms with Gasteiger partial charge >= 0.3 is 0 Å². The van der Waals surface area contributed by atoms with E-state index in [2.05, 4.69) is 10.2 Å². The molecule has 1 saturated heterocycles. The zero-order valence-corrected chi connectivity index (χ0v) is 12.4. The van der Waals surface area contributed by atoms with Gasteiger partial charge in [0.1, 0.15) is 5.82 Å². The van der Waals surface area contributed by atoms with Crippen LogP contribution in [0.3, 0.4) is 0 Å². The lowest BCUT2D eigenvalue weighted by Crippen LogP contribution is -2.26. The molecule has 114 valence electrons. The summed E-state index contributed by atoms with van der Waals surface area (Å²) < 4.78 is 13.6. The van der Waals surface area contributed by atoms with Crippen molar-refractivity contribution in [1.82, 2.24) is 0 Å². The molecule has 1 N–H and O–H groups in total. The summed E-state index contributed by atoms with van der Waals surface area (Å²) >= 11 is 0. The summed E-state index contributed by atoms with van der Waals surface area (Å²) in [6, 6.07) is 4.72. The number of nitrogens with zero attached hydrogens (tertiary/aromatic N) is 1. The van der Waals surface area contributed by atoms with E-state index < -0.39 is 0 Å². The number of benzene rings is 1. The van der Waals surface area contributed by atoms with Gasteiger partial charge in [-0.05, 0) is 43.9 Å². The summed E-state index contributed by atoms with van der Waals surface area (Å²) in [7, 11) is 0. The van der Waals surface area contributed by atoms with Crippen molar-refractivity contribution < 1.29 is 9.18 Å². The normalized spacial score (nSPS) is 19.8. The summed E-state index contributed by atoms with van der Waals surface area (Å²) in [5.41, 5.74) is 1.59. The highest BCUT2D eigenvalue weighted by atomic mass is 19.1. The van der Waals surface area contributed by atoms with Gasteiger partial charge in [0.2, 0.25) is 5.91 Å². The van der Waals surface area contributed by atoms with E-state index in [0.29, 0.717) is 5.69 Å². The van der Waals surface area contributed by atoms with Crippen LogP contribution in [0.2, 0.25) is 0 Å². The number of carbonyl (C=O) groups excluding carboxylic acids is 1. The summed E-state index contributed by atoms with van der Waals surface area (Å²) in [6.07, 6.45) is 7.71. The van der Waals surface area contributed by atoms with E-state index in [4.69, 9.17) is 0 Å². The second kappa shape index (κ2) is 6.46. The molecule has 2 fully saturated rings. The van der Waals surface area contributed by atoms with Crippen molar-refractivity contribution in [1.29, 1.82) is 0 Å². The number of carbonyl (C=O) groups is 1. The van der Waals surface area contributed by atoms with Crippen LogP contribution in [0.25, 0.3) is 0 Å². The second-order valence-electron chi connectivity index (χ2n) is 6.18. The predicted octanol–water partition coefficient (Wildman–Crippen LogP) is 3.94. The van der Waals surface area contributed by atoms with Crippen LogP contribution in [-0.4, -0.2) is 19.0 Å². The van der Waals surface area contributed by atoms with Crippen LogP contribution >= 0.6 is 0 Å². The monoisotopic (exact) mass is 290 g/mol. The van der Waals surface area contributed by atoms with E-state index in [1.165, 1.54) is 18.6 Å². The second-order valence-corrected chi connectivity index (χ2v) is 6.18. The fourth-order valence-electron chi connectivity index (χ4n) is 3.44. The minimum atomic E-state index is -0.295. The highest BCUT2D eigenvalue weighted by Gasteiger charge is 2.23. The van der Waals surface area contributed by atoms with Gasteiger partial charge in [0.05, 0.1) is 11.4 Å². The van der Waals surface area contributed by atoms with Crippen molar-refractivity contribution in [3.8, 4) is 0 Å². The van der Waals surface area contributed by atoms with Crippen molar-refractivity contribution in [2.75, 3.05) is 23.3 Å². The number of nitrogens with one attached hydrogen (secondary N) is 1. The topological polar surface area (TPSA) is 32.3 Å². The zero-order chi connectivity index (χ0) is 14.7. The third-order valence-corrected chi connectivity index (χ3v) is 4.64. The molecule has 1 heterocycles. The van der Waals surface area contributed by atoms with E-state index in [9.17, 15) is 9.18 Å². The predicted molar refractivity (Wildman–Crippen MR) is 83.1 cm³/mol. The van der Waals surface area contributed by atoms with E-state index in [-0.39, 0.29) is 17.6 Å². The summed E-state index contributed by atoms with van der Waals surface area (Å²) in [4.78, 5) is 14.6. The van der Waals surface area contributed by atoms with Gasteiger partial charge in [-0.2, -0.15) is 0 Å². The molecule has 0 aromatic heterocycles. The average Bonchev–Trinajstić information content (AvgIpc) is 3.02. The molecule has 4 heteroatoms. The third kappa shape index (κ3) is 3.36. The van der Waals surface area contributed by atoms with Gasteiger partial charge in [-0.1, -0.05) is 19.3 Å². The molecule has 0 unspecified atom stereocenters. The zero-order valence-electron chi connectivity index (χ0n) is 12.4. The molecule has 3 rings (SSSR count). The van der Waals surface area contributed by atoms with E-state index in [1.807, 2.05) is 0 Å². The van der Waals surface area contributed by atoms with Gasteiger partial charge < -0.3 is 10.2 Å². The molecular formula is C17H23FN2O. The first-order chi connectivity index (χ1) is 10.2. The van der Waals surface area contributed by atoms with Crippen molar-refractivity contribution in [2.45, 2.75) is 44.9 Å². The van der Waals surface area contributed by atoms with Crippen LogP contribution in [0.5, 0.6) is 0 Å². The SMILES string of the molecule is O=C(Nc1cc(F)ccc1N1CCCC1)C1CCCCC1. The summed E-state index contributed by atoms with van der Waals surface area (Å²) in [6.45, 7) is 1.97. The Morgan fingerprint density at radius 2 is 1.81 bits per heavy atom. The Morgan fingerprint density at radius 1 is 1.10 bits per heavy atom. The fourth-order valence-corrected chi connectivity index (χ4v) is 3.44. The van der Waals surface area contributed by atoms with Crippen molar-refractivity contribution in [2.24, 2.45) is 5.92 Å². The molecule has 0 spiro atoms. The minimum absolute atomic E-state index is 0.0562. The van der Waals surface area contributed by atoms with Crippen LogP contribution in [0.1, 0.15) is 44.9 Å². The van der Waals surface area contributed by atoms with Gasteiger partial charge in [0.25, 0.3) is 0 Å². The highest BCUT2D eigenvalue weighted by molar-refractivity contribution is 5.95. The van der Waals surface area contributed by atoms with Crippen molar-refractivity contribution in [3.63, 3.8) is 0 Å². The molecule has 1 aliphatic heterocycles. The Kier molecular flexibility index (Phi) is 4.42. The lowest BCUT2D eigenvalue weighted by atomic mass is 9.88. The Morgan fingerprint density at radius 3 is 2.52 bits per heavy atom. The number of amides is 1. The Hall–Kier alpha value is -1.58. The molecule has 0 bridgehead atoms. The molecule has 3 nitrogen and oxygen atoms in total. The molecule has 21 heavy (non-hydrogen) atoms. The molecule has 1 aliphatic carbocycles. The first kappa shape index (κ1) is 14.4. The van der Waals surface area contributed by atoms with Gasteiger partial charge in [0, 0.05) is 19.0 Å². The maximum Gasteiger partial charge on any atom is 0.227 e. The van der Waals surface area contributed by atoms with Gasteiger partial charge in [-0.3, -0.25) is 4.79 Å². The molecule has 1 saturated carbocycles. The number of hydrogen-bond acceptors (Lipinski definition) is 2. The summed E-state index contributed by atoms with van der Waals surface area (Å²) in [5.74, 6) is -0.147. The minimum Gasteiger partial charge on any atom is -0.370 e. The van der Waals surface area contributed by atoms with Gasteiger partial charge in [-0.15, -0.1) is 0 Å². The Labute approximate surface area is 125 Å². The number of halogens is 1. The maximum absolute atomic E-state index is 13.6. The third-order valence-electron chi connectivity index (χ3n) is 4.64. The maximum atomic E-state index is 13.6. The quantitative estimate of drug-likeness (QED) is 0.914. The molecule has 0 radical (unpaired) electrons. The first-order valence-electron chi connectivity index (χ1n) is 8.09. The van der Waals surface area contributed by atoms with E-state index in [0.717, 1.165) is 57.3 Å². The molecule has 1 amide bonds. The number of anilines is 2.